The van der Waals surface area contributed by atoms with Crippen LogP contribution in [-0.4, -0.2) is 6.54 Å². The van der Waals surface area contributed by atoms with Crippen LogP contribution in [0.25, 0.3) is 0 Å². The molecule has 0 spiro atoms. The second-order valence-electron chi connectivity index (χ2n) is 4.64. The van der Waals surface area contributed by atoms with Crippen LogP contribution in [-0.2, 0) is 6.42 Å². The van der Waals surface area contributed by atoms with Crippen LogP contribution >= 0.6 is 0 Å². The molecular formula is C16H21NO. The van der Waals surface area contributed by atoms with E-state index in [0.717, 1.165) is 30.9 Å². The first-order chi connectivity index (χ1) is 8.79. The molecule has 0 aliphatic heterocycles. The van der Waals surface area contributed by atoms with Gasteiger partial charge in [0.25, 0.3) is 0 Å². The summed E-state index contributed by atoms with van der Waals surface area (Å²) in [7, 11) is 0. The molecule has 2 nitrogen and oxygen atoms in total. The van der Waals surface area contributed by atoms with E-state index in [-0.39, 0.29) is 6.04 Å². The molecule has 0 fully saturated rings. The van der Waals surface area contributed by atoms with Crippen molar-refractivity contribution in [2.45, 2.75) is 32.7 Å². The monoisotopic (exact) mass is 243 g/mol. The summed E-state index contributed by atoms with van der Waals surface area (Å²) in [5.41, 5.74) is 1.33. The third-order valence-electron chi connectivity index (χ3n) is 3.03. The van der Waals surface area contributed by atoms with Crippen molar-refractivity contribution in [2.75, 3.05) is 6.54 Å². The molecule has 0 amide bonds. The molecular weight excluding hydrogens is 222 g/mol. The predicted octanol–water partition coefficient (Wildman–Crippen LogP) is 3.87. The van der Waals surface area contributed by atoms with Crippen LogP contribution in [0.2, 0.25) is 0 Å². The van der Waals surface area contributed by atoms with E-state index in [9.17, 15) is 0 Å². The molecule has 1 atom stereocenters. The minimum absolute atomic E-state index is 0.265. The second-order valence-corrected chi connectivity index (χ2v) is 4.64. The fourth-order valence-corrected chi connectivity index (χ4v) is 2.08. The highest BCUT2D eigenvalue weighted by atomic mass is 16.3. The summed E-state index contributed by atoms with van der Waals surface area (Å²) in [4.78, 5) is 0. The van der Waals surface area contributed by atoms with Gasteiger partial charge in [-0.25, -0.2) is 0 Å². The van der Waals surface area contributed by atoms with Gasteiger partial charge in [0.2, 0.25) is 0 Å². The van der Waals surface area contributed by atoms with Gasteiger partial charge in [-0.2, -0.15) is 0 Å². The Morgan fingerprint density at radius 2 is 1.89 bits per heavy atom. The summed E-state index contributed by atoms with van der Waals surface area (Å²) in [5.74, 6) is 2.01. The third-order valence-corrected chi connectivity index (χ3v) is 3.03. The lowest BCUT2D eigenvalue weighted by Crippen LogP contribution is -2.23. The SMILES string of the molecule is CCCNC(Cc1ccccc1)c1ccc(C)o1. The first-order valence-corrected chi connectivity index (χ1v) is 6.63. The quantitative estimate of drug-likeness (QED) is 0.833. The molecule has 1 unspecified atom stereocenters. The number of benzene rings is 1. The van der Waals surface area contributed by atoms with Gasteiger partial charge in [0.1, 0.15) is 11.5 Å². The van der Waals surface area contributed by atoms with E-state index >= 15 is 0 Å². The topological polar surface area (TPSA) is 25.2 Å². The van der Waals surface area contributed by atoms with Gasteiger partial charge in [0, 0.05) is 0 Å². The maximum Gasteiger partial charge on any atom is 0.121 e. The van der Waals surface area contributed by atoms with Gasteiger partial charge >= 0.3 is 0 Å². The molecule has 0 saturated carbocycles. The summed E-state index contributed by atoms with van der Waals surface area (Å²) in [6.07, 6.45) is 2.10. The molecule has 1 aromatic heterocycles. The van der Waals surface area contributed by atoms with Crippen molar-refractivity contribution in [3.8, 4) is 0 Å². The number of hydrogen-bond acceptors (Lipinski definition) is 2. The molecule has 96 valence electrons. The number of aryl methyl sites for hydroxylation is 1. The van der Waals surface area contributed by atoms with Crippen LogP contribution in [0.15, 0.2) is 46.9 Å². The highest BCUT2D eigenvalue weighted by Gasteiger charge is 2.14. The third kappa shape index (κ3) is 3.47. The lowest BCUT2D eigenvalue weighted by Gasteiger charge is -2.16. The van der Waals surface area contributed by atoms with Crippen molar-refractivity contribution >= 4 is 0 Å². The van der Waals surface area contributed by atoms with E-state index in [0.29, 0.717) is 0 Å². The largest absolute Gasteiger partial charge is 0.465 e. The van der Waals surface area contributed by atoms with Crippen molar-refractivity contribution in [2.24, 2.45) is 0 Å². The van der Waals surface area contributed by atoms with E-state index < -0.39 is 0 Å². The van der Waals surface area contributed by atoms with Crippen LogP contribution in [0, 0.1) is 6.92 Å². The second kappa shape index (κ2) is 6.41. The Bertz CT molecular complexity index is 461. The first-order valence-electron chi connectivity index (χ1n) is 6.63. The van der Waals surface area contributed by atoms with Gasteiger partial charge in [0.05, 0.1) is 6.04 Å². The van der Waals surface area contributed by atoms with Crippen LogP contribution in [0.4, 0.5) is 0 Å². The number of rotatable bonds is 6. The van der Waals surface area contributed by atoms with Gasteiger partial charge in [-0.15, -0.1) is 0 Å². The van der Waals surface area contributed by atoms with Crippen LogP contribution in [0.1, 0.15) is 36.5 Å². The van der Waals surface area contributed by atoms with E-state index in [1.54, 1.807) is 0 Å². The Kier molecular flexibility index (Phi) is 4.59. The maximum atomic E-state index is 5.75. The Labute approximate surface area is 109 Å². The molecule has 2 heteroatoms. The molecule has 0 radical (unpaired) electrons. The molecule has 1 aromatic carbocycles. The van der Waals surface area contributed by atoms with Gasteiger partial charge in [-0.05, 0) is 44.0 Å². The fraction of sp³-hybridized carbons (Fsp3) is 0.375. The zero-order chi connectivity index (χ0) is 12.8. The van der Waals surface area contributed by atoms with Crippen LogP contribution in [0.3, 0.4) is 0 Å². The average Bonchev–Trinajstić information content (AvgIpc) is 2.82. The summed E-state index contributed by atoms with van der Waals surface area (Å²) in [6.45, 7) is 5.18. The zero-order valence-corrected chi connectivity index (χ0v) is 11.1. The van der Waals surface area contributed by atoms with Crippen molar-refractivity contribution in [3.63, 3.8) is 0 Å². The lowest BCUT2D eigenvalue weighted by molar-refractivity contribution is 0.398. The number of nitrogens with one attached hydrogen (secondary N) is 1. The minimum atomic E-state index is 0.265. The van der Waals surface area contributed by atoms with E-state index in [4.69, 9.17) is 4.42 Å². The van der Waals surface area contributed by atoms with E-state index in [2.05, 4.69) is 48.6 Å². The molecule has 1 heterocycles. The Hall–Kier alpha value is -1.54. The lowest BCUT2D eigenvalue weighted by atomic mass is 10.0. The molecule has 0 bridgehead atoms. The summed E-state index contributed by atoms with van der Waals surface area (Å²) in [6, 6.07) is 14.9. The first kappa shape index (κ1) is 12.9. The number of furan rings is 1. The molecule has 2 rings (SSSR count). The normalized spacial score (nSPS) is 12.6. The maximum absolute atomic E-state index is 5.75. The van der Waals surface area contributed by atoms with Gasteiger partial charge in [-0.1, -0.05) is 37.3 Å². The highest BCUT2D eigenvalue weighted by molar-refractivity contribution is 5.19. The van der Waals surface area contributed by atoms with Gasteiger partial charge in [0.15, 0.2) is 0 Å². The molecule has 0 saturated heterocycles. The Balaban J connectivity index is 2.10. The number of hydrogen-bond donors (Lipinski definition) is 1. The van der Waals surface area contributed by atoms with Gasteiger partial charge in [-0.3, -0.25) is 0 Å². The van der Waals surface area contributed by atoms with Crippen LogP contribution in [0.5, 0.6) is 0 Å². The molecule has 1 N–H and O–H groups in total. The molecule has 0 aliphatic rings. The van der Waals surface area contributed by atoms with Crippen LogP contribution < -0.4 is 5.32 Å². The van der Waals surface area contributed by atoms with Crippen molar-refractivity contribution in [3.05, 3.63) is 59.5 Å². The summed E-state index contributed by atoms with van der Waals surface area (Å²) >= 11 is 0. The minimum Gasteiger partial charge on any atom is -0.465 e. The summed E-state index contributed by atoms with van der Waals surface area (Å²) < 4.78 is 5.75. The molecule has 0 aliphatic carbocycles. The van der Waals surface area contributed by atoms with E-state index in [1.165, 1.54) is 5.56 Å². The van der Waals surface area contributed by atoms with Crippen molar-refractivity contribution in [1.29, 1.82) is 0 Å². The van der Waals surface area contributed by atoms with Crippen molar-refractivity contribution < 1.29 is 4.42 Å². The zero-order valence-electron chi connectivity index (χ0n) is 11.1. The fourth-order valence-electron chi connectivity index (χ4n) is 2.08. The predicted molar refractivity (Wildman–Crippen MR) is 74.6 cm³/mol. The Morgan fingerprint density at radius 1 is 1.11 bits per heavy atom. The van der Waals surface area contributed by atoms with E-state index in [1.807, 2.05) is 13.0 Å². The molecule has 18 heavy (non-hydrogen) atoms. The average molecular weight is 243 g/mol. The highest BCUT2D eigenvalue weighted by Crippen LogP contribution is 2.20. The van der Waals surface area contributed by atoms with Crippen molar-refractivity contribution in [1.82, 2.24) is 5.32 Å². The molecule has 2 aromatic rings. The van der Waals surface area contributed by atoms with Gasteiger partial charge < -0.3 is 9.73 Å². The smallest absolute Gasteiger partial charge is 0.121 e. The summed E-state index contributed by atoms with van der Waals surface area (Å²) in [5, 5.41) is 3.55. The Morgan fingerprint density at radius 3 is 2.50 bits per heavy atom. The standard InChI is InChI=1S/C16H21NO/c1-3-11-17-15(16-10-9-13(2)18-16)12-14-7-5-4-6-8-14/h4-10,15,17H,3,11-12H2,1-2H3.